The molecule has 1 aliphatic heterocycles. The van der Waals surface area contributed by atoms with Gasteiger partial charge in [0, 0.05) is 12.6 Å². The number of benzene rings is 1. The maximum absolute atomic E-state index is 8.74. The summed E-state index contributed by atoms with van der Waals surface area (Å²) in [4.78, 5) is 0. The largest absolute Gasteiger partial charge is 0.384 e. The second-order valence-corrected chi connectivity index (χ2v) is 4.72. The van der Waals surface area contributed by atoms with Crippen LogP contribution in [-0.4, -0.2) is 19.1 Å². The molecule has 1 heterocycles. The van der Waals surface area contributed by atoms with Gasteiger partial charge < -0.3 is 10.6 Å². The van der Waals surface area contributed by atoms with E-state index in [1.54, 1.807) is 12.1 Å². The molecule has 1 aliphatic rings. The van der Waals surface area contributed by atoms with Crippen molar-refractivity contribution in [3.05, 3.63) is 28.8 Å². The van der Waals surface area contributed by atoms with Gasteiger partial charge in [-0.25, -0.2) is 0 Å². The smallest absolute Gasteiger partial charge is 0.0992 e. The predicted molar refractivity (Wildman–Crippen MR) is 70.3 cm³/mol. The topological polar surface area (TPSA) is 47.9 Å². The summed E-state index contributed by atoms with van der Waals surface area (Å²) in [5.74, 6) is 0. The Morgan fingerprint density at radius 1 is 1.53 bits per heavy atom. The van der Waals surface area contributed by atoms with Crippen LogP contribution >= 0.6 is 11.6 Å². The van der Waals surface area contributed by atoms with E-state index < -0.39 is 0 Å². The molecule has 1 aromatic rings. The fourth-order valence-electron chi connectivity index (χ4n) is 2.11. The third kappa shape index (κ3) is 3.36. The lowest BCUT2D eigenvalue weighted by Crippen LogP contribution is -2.24. The lowest BCUT2D eigenvalue weighted by atomic mass is 10.1. The lowest BCUT2D eigenvalue weighted by molar-refractivity contribution is 0.574. The molecule has 3 nitrogen and oxygen atoms in total. The van der Waals surface area contributed by atoms with Gasteiger partial charge in [0.25, 0.3) is 0 Å². The van der Waals surface area contributed by atoms with Gasteiger partial charge in [-0.3, -0.25) is 0 Å². The molecule has 2 N–H and O–H groups in total. The molecule has 0 unspecified atom stereocenters. The van der Waals surface area contributed by atoms with Gasteiger partial charge in [0.05, 0.1) is 22.3 Å². The first kappa shape index (κ1) is 12.2. The van der Waals surface area contributed by atoms with Gasteiger partial charge >= 0.3 is 0 Å². The minimum atomic E-state index is 0.595. The van der Waals surface area contributed by atoms with Crippen molar-refractivity contribution in [2.24, 2.45) is 0 Å². The summed E-state index contributed by atoms with van der Waals surface area (Å²) >= 11 is 6.07. The van der Waals surface area contributed by atoms with E-state index in [1.165, 1.54) is 12.8 Å². The number of hydrogen-bond donors (Lipinski definition) is 2. The van der Waals surface area contributed by atoms with Gasteiger partial charge in [0.2, 0.25) is 0 Å². The molecule has 0 spiro atoms. The van der Waals surface area contributed by atoms with Crippen LogP contribution in [0.15, 0.2) is 18.2 Å². The Kier molecular flexibility index (Phi) is 4.24. The molecule has 17 heavy (non-hydrogen) atoms. The molecule has 0 aliphatic carbocycles. The van der Waals surface area contributed by atoms with Gasteiger partial charge in [-0.15, -0.1) is 0 Å². The van der Waals surface area contributed by atoms with E-state index in [2.05, 4.69) is 16.7 Å². The van der Waals surface area contributed by atoms with Crippen LogP contribution in [0.2, 0.25) is 5.02 Å². The fourth-order valence-corrected chi connectivity index (χ4v) is 2.36. The Bertz CT molecular complexity index is 419. The number of nitriles is 1. The monoisotopic (exact) mass is 249 g/mol. The van der Waals surface area contributed by atoms with Gasteiger partial charge in [-0.2, -0.15) is 5.26 Å². The van der Waals surface area contributed by atoms with Crippen molar-refractivity contribution in [1.29, 1.82) is 5.26 Å². The standard InChI is InChI=1S/C13H16ClN3/c14-12-8-10(9-15)3-4-13(12)17-7-5-11-2-1-6-16-11/h3-4,8,11,16-17H,1-2,5-7H2/t11-/m0/s1. The van der Waals surface area contributed by atoms with Crippen molar-refractivity contribution in [2.75, 3.05) is 18.4 Å². The lowest BCUT2D eigenvalue weighted by Gasteiger charge is -2.12. The van der Waals surface area contributed by atoms with Crippen LogP contribution in [0.1, 0.15) is 24.8 Å². The zero-order valence-electron chi connectivity index (χ0n) is 9.67. The molecule has 1 saturated heterocycles. The minimum absolute atomic E-state index is 0.595. The molecular weight excluding hydrogens is 234 g/mol. The van der Waals surface area contributed by atoms with E-state index in [0.717, 1.165) is 25.2 Å². The van der Waals surface area contributed by atoms with E-state index in [-0.39, 0.29) is 0 Å². The Morgan fingerprint density at radius 3 is 3.06 bits per heavy atom. The van der Waals surface area contributed by atoms with Crippen LogP contribution in [0, 0.1) is 11.3 Å². The summed E-state index contributed by atoms with van der Waals surface area (Å²) in [6, 6.07) is 8.05. The van der Waals surface area contributed by atoms with Crippen molar-refractivity contribution < 1.29 is 0 Å². The average molecular weight is 250 g/mol. The SMILES string of the molecule is N#Cc1ccc(NCC[C@@H]2CCCN2)c(Cl)c1. The van der Waals surface area contributed by atoms with Crippen LogP contribution in [0.25, 0.3) is 0 Å². The Labute approximate surface area is 107 Å². The van der Waals surface area contributed by atoms with Crippen LogP contribution in [0.4, 0.5) is 5.69 Å². The van der Waals surface area contributed by atoms with Crippen molar-refractivity contribution in [2.45, 2.75) is 25.3 Å². The molecular formula is C13H16ClN3. The fraction of sp³-hybridized carbons (Fsp3) is 0.462. The molecule has 0 bridgehead atoms. The second kappa shape index (κ2) is 5.90. The molecule has 1 atom stereocenters. The van der Waals surface area contributed by atoms with E-state index >= 15 is 0 Å². The summed E-state index contributed by atoms with van der Waals surface area (Å²) in [5, 5.41) is 16.1. The van der Waals surface area contributed by atoms with Crippen LogP contribution < -0.4 is 10.6 Å². The van der Waals surface area contributed by atoms with E-state index in [9.17, 15) is 0 Å². The molecule has 2 rings (SSSR count). The van der Waals surface area contributed by atoms with Gasteiger partial charge in [-0.05, 0) is 44.0 Å². The van der Waals surface area contributed by atoms with Gasteiger partial charge in [0.15, 0.2) is 0 Å². The molecule has 1 aromatic carbocycles. The first-order valence-electron chi connectivity index (χ1n) is 5.96. The number of halogens is 1. The summed E-state index contributed by atoms with van der Waals surface area (Å²) in [6.07, 6.45) is 3.65. The van der Waals surface area contributed by atoms with E-state index in [4.69, 9.17) is 16.9 Å². The van der Waals surface area contributed by atoms with E-state index in [1.807, 2.05) is 6.07 Å². The zero-order chi connectivity index (χ0) is 12.1. The molecule has 4 heteroatoms. The van der Waals surface area contributed by atoms with Gasteiger partial charge in [0.1, 0.15) is 0 Å². The van der Waals surface area contributed by atoms with Crippen molar-refractivity contribution in [3.8, 4) is 6.07 Å². The summed E-state index contributed by atoms with van der Waals surface area (Å²) in [7, 11) is 0. The molecule has 0 radical (unpaired) electrons. The quantitative estimate of drug-likeness (QED) is 0.863. The maximum atomic E-state index is 8.74. The highest BCUT2D eigenvalue weighted by atomic mass is 35.5. The number of rotatable bonds is 4. The van der Waals surface area contributed by atoms with Crippen molar-refractivity contribution >= 4 is 17.3 Å². The van der Waals surface area contributed by atoms with E-state index in [0.29, 0.717) is 16.6 Å². The number of nitrogens with zero attached hydrogens (tertiary/aromatic N) is 1. The maximum Gasteiger partial charge on any atom is 0.0992 e. The zero-order valence-corrected chi connectivity index (χ0v) is 10.4. The number of anilines is 1. The number of hydrogen-bond acceptors (Lipinski definition) is 3. The highest BCUT2D eigenvalue weighted by Gasteiger charge is 2.13. The van der Waals surface area contributed by atoms with Gasteiger partial charge in [-0.1, -0.05) is 11.6 Å². The predicted octanol–water partition coefficient (Wildman–Crippen LogP) is 2.77. The van der Waals surface area contributed by atoms with Crippen molar-refractivity contribution in [1.82, 2.24) is 5.32 Å². The summed E-state index contributed by atoms with van der Waals surface area (Å²) in [5.41, 5.74) is 1.50. The average Bonchev–Trinajstić information content (AvgIpc) is 2.84. The first-order valence-corrected chi connectivity index (χ1v) is 6.34. The third-order valence-electron chi connectivity index (χ3n) is 3.07. The Hall–Kier alpha value is -1.24. The second-order valence-electron chi connectivity index (χ2n) is 4.32. The number of nitrogens with one attached hydrogen (secondary N) is 2. The van der Waals surface area contributed by atoms with Crippen LogP contribution in [-0.2, 0) is 0 Å². The van der Waals surface area contributed by atoms with Crippen LogP contribution in [0.3, 0.4) is 0 Å². The highest BCUT2D eigenvalue weighted by Crippen LogP contribution is 2.22. The molecule has 1 fully saturated rings. The van der Waals surface area contributed by atoms with Crippen LogP contribution in [0.5, 0.6) is 0 Å². The molecule has 90 valence electrons. The summed E-state index contributed by atoms with van der Waals surface area (Å²) in [6.45, 7) is 2.05. The molecule has 0 saturated carbocycles. The first-order chi connectivity index (χ1) is 8.29. The Morgan fingerprint density at radius 2 is 2.41 bits per heavy atom. The third-order valence-corrected chi connectivity index (χ3v) is 3.38. The molecule has 0 aromatic heterocycles. The molecule has 0 amide bonds. The summed E-state index contributed by atoms with van der Waals surface area (Å²) < 4.78 is 0. The van der Waals surface area contributed by atoms with Crippen molar-refractivity contribution in [3.63, 3.8) is 0 Å². The normalized spacial score (nSPS) is 18.9. The highest BCUT2D eigenvalue weighted by molar-refractivity contribution is 6.33. The Balaban J connectivity index is 1.84. The minimum Gasteiger partial charge on any atom is -0.384 e.